The molecule has 0 unspecified atom stereocenters. The molecule has 31 heavy (non-hydrogen) atoms. The number of rotatable bonds is 8. The topological polar surface area (TPSA) is 74.2 Å². The van der Waals surface area contributed by atoms with Gasteiger partial charge in [-0.3, -0.25) is 0 Å². The number of aryl methyl sites for hydroxylation is 1. The Kier molecular flexibility index (Phi) is 6.95. The van der Waals surface area contributed by atoms with Crippen molar-refractivity contribution in [1.82, 2.24) is 10.1 Å². The second-order valence-corrected chi connectivity index (χ2v) is 7.19. The highest BCUT2D eigenvalue weighted by Crippen LogP contribution is 2.30. The molecule has 0 saturated heterocycles. The Balaban J connectivity index is 2.03. The van der Waals surface area contributed by atoms with E-state index in [1.54, 1.807) is 25.3 Å². The van der Waals surface area contributed by atoms with Gasteiger partial charge in [0.1, 0.15) is 5.82 Å². The van der Waals surface area contributed by atoms with Gasteiger partial charge in [0.25, 0.3) is 5.89 Å². The Morgan fingerprint density at radius 3 is 2.58 bits per heavy atom. The molecule has 2 N–H and O–H groups in total. The first-order chi connectivity index (χ1) is 14.9. The smallest absolute Gasteiger partial charge is 0.258 e. The van der Waals surface area contributed by atoms with Crippen LogP contribution in [0, 0.1) is 12.7 Å². The molecular formula is C25H26FN3O2. The van der Waals surface area contributed by atoms with Crippen LogP contribution in [-0.2, 0) is 17.9 Å². The zero-order chi connectivity index (χ0) is 22.5. The summed E-state index contributed by atoms with van der Waals surface area (Å²) in [6.45, 7) is 12.1. The third-order valence-electron chi connectivity index (χ3n) is 5.18. The quantitative estimate of drug-likeness (QED) is 0.481. The number of nitrogens with zero attached hydrogens (tertiary/aromatic N) is 2. The van der Waals surface area contributed by atoms with Crippen LogP contribution in [0.5, 0.6) is 0 Å². The third-order valence-corrected chi connectivity index (χ3v) is 5.18. The Bertz CT molecular complexity index is 1140. The number of methoxy groups -OCH3 is 1. The number of ether oxygens (including phenoxy) is 1. The number of nitrogens with two attached hydrogens (primary N) is 1. The number of hydrogen-bond donors (Lipinski definition) is 1. The molecular weight excluding hydrogens is 393 g/mol. The first-order valence-electron chi connectivity index (χ1n) is 9.85. The molecule has 5 nitrogen and oxygen atoms in total. The van der Waals surface area contributed by atoms with Crippen LogP contribution in [0.2, 0.25) is 0 Å². The Morgan fingerprint density at radius 2 is 1.97 bits per heavy atom. The summed E-state index contributed by atoms with van der Waals surface area (Å²) in [5.41, 5.74) is 12.1. The molecule has 3 aromatic rings. The van der Waals surface area contributed by atoms with Gasteiger partial charge in [-0.1, -0.05) is 36.5 Å². The first kappa shape index (κ1) is 22.3. The van der Waals surface area contributed by atoms with Crippen molar-refractivity contribution in [2.75, 3.05) is 7.11 Å². The van der Waals surface area contributed by atoms with E-state index in [2.05, 4.69) is 23.3 Å². The SMILES string of the molecule is C=C/C(C)=C(\C=C)c1ccc(-c2nc(-c3cc(C)c(CN)c(F)c3)no2)cc1COC. The van der Waals surface area contributed by atoms with Gasteiger partial charge < -0.3 is 15.0 Å². The van der Waals surface area contributed by atoms with Crippen LogP contribution in [0.25, 0.3) is 28.4 Å². The van der Waals surface area contributed by atoms with Gasteiger partial charge in [0.2, 0.25) is 5.82 Å². The van der Waals surface area contributed by atoms with Crippen molar-refractivity contribution in [3.05, 3.63) is 89.3 Å². The molecule has 160 valence electrons. The molecule has 0 spiro atoms. The van der Waals surface area contributed by atoms with Crippen molar-refractivity contribution in [2.45, 2.75) is 27.0 Å². The number of hydrogen-bond acceptors (Lipinski definition) is 5. The Hall–Kier alpha value is -3.35. The lowest BCUT2D eigenvalue weighted by atomic mass is 9.94. The highest BCUT2D eigenvalue weighted by molar-refractivity contribution is 5.80. The van der Waals surface area contributed by atoms with Gasteiger partial charge in [0, 0.05) is 30.3 Å². The first-order valence-corrected chi connectivity index (χ1v) is 9.85. The maximum Gasteiger partial charge on any atom is 0.258 e. The number of halogens is 1. The molecule has 0 aliphatic rings. The molecule has 0 fully saturated rings. The van der Waals surface area contributed by atoms with Crippen LogP contribution in [0.3, 0.4) is 0 Å². The maximum absolute atomic E-state index is 14.3. The van der Waals surface area contributed by atoms with Crippen molar-refractivity contribution in [3.63, 3.8) is 0 Å². The van der Waals surface area contributed by atoms with Crippen molar-refractivity contribution in [3.8, 4) is 22.8 Å². The molecule has 0 saturated carbocycles. The lowest BCUT2D eigenvalue weighted by molar-refractivity contribution is 0.184. The molecule has 0 amide bonds. The molecule has 1 heterocycles. The fraction of sp³-hybridized carbons (Fsp3) is 0.200. The molecule has 1 aromatic heterocycles. The van der Waals surface area contributed by atoms with Crippen LogP contribution < -0.4 is 5.73 Å². The minimum Gasteiger partial charge on any atom is -0.380 e. The second-order valence-electron chi connectivity index (χ2n) is 7.19. The summed E-state index contributed by atoms with van der Waals surface area (Å²) in [5, 5.41) is 4.04. The van der Waals surface area contributed by atoms with Crippen LogP contribution in [-0.4, -0.2) is 17.3 Å². The van der Waals surface area contributed by atoms with Crippen LogP contribution >= 0.6 is 0 Å². The van der Waals surface area contributed by atoms with Gasteiger partial charge in [-0.25, -0.2) is 4.39 Å². The summed E-state index contributed by atoms with van der Waals surface area (Å²) >= 11 is 0. The molecule has 0 bridgehead atoms. The van der Waals surface area contributed by atoms with Crippen molar-refractivity contribution < 1.29 is 13.7 Å². The predicted octanol–water partition coefficient (Wildman–Crippen LogP) is 5.60. The summed E-state index contributed by atoms with van der Waals surface area (Å²) < 4.78 is 25.2. The van der Waals surface area contributed by atoms with Gasteiger partial charge in [0.05, 0.1) is 6.61 Å². The summed E-state index contributed by atoms with van der Waals surface area (Å²) in [6.07, 6.45) is 3.60. The zero-order valence-corrected chi connectivity index (χ0v) is 18.0. The monoisotopic (exact) mass is 419 g/mol. The Morgan fingerprint density at radius 1 is 1.19 bits per heavy atom. The van der Waals surface area contributed by atoms with Gasteiger partial charge in [-0.2, -0.15) is 4.98 Å². The highest BCUT2D eigenvalue weighted by Gasteiger charge is 2.16. The standard InChI is InChI=1S/C25H26FN3O2/c1-6-15(3)20(7-2)21-9-8-17(11-19(21)14-30-5)25-28-24(29-31-25)18-10-16(4)22(13-27)23(26)12-18/h6-12H,1-2,13-14,27H2,3-5H3/b20-15+. The van der Waals surface area contributed by atoms with Gasteiger partial charge in [-0.15, -0.1) is 0 Å². The van der Waals surface area contributed by atoms with E-state index in [1.165, 1.54) is 6.07 Å². The predicted molar refractivity (Wildman–Crippen MR) is 121 cm³/mol. The van der Waals surface area contributed by atoms with E-state index >= 15 is 0 Å². The average Bonchev–Trinajstić information content (AvgIpc) is 3.25. The second kappa shape index (κ2) is 9.64. The minimum absolute atomic E-state index is 0.135. The lowest BCUT2D eigenvalue weighted by Crippen LogP contribution is -2.03. The van der Waals surface area contributed by atoms with E-state index in [0.717, 1.165) is 33.4 Å². The molecule has 2 aromatic carbocycles. The number of benzene rings is 2. The van der Waals surface area contributed by atoms with Crippen LogP contribution in [0.15, 0.2) is 65.7 Å². The number of allylic oxidation sites excluding steroid dienone is 4. The van der Waals surface area contributed by atoms with Gasteiger partial charge >= 0.3 is 0 Å². The molecule has 0 aliphatic heterocycles. The van der Waals surface area contributed by atoms with Crippen molar-refractivity contribution in [1.29, 1.82) is 0 Å². The van der Waals surface area contributed by atoms with Crippen molar-refractivity contribution in [2.24, 2.45) is 5.73 Å². The van der Waals surface area contributed by atoms with Gasteiger partial charge in [0.15, 0.2) is 0 Å². The molecule has 0 aliphatic carbocycles. The van der Waals surface area contributed by atoms with E-state index in [9.17, 15) is 4.39 Å². The summed E-state index contributed by atoms with van der Waals surface area (Å²) in [5.74, 6) is 0.272. The summed E-state index contributed by atoms with van der Waals surface area (Å²) in [6, 6.07) is 8.99. The normalized spacial score (nSPS) is 11.9. The Labute approximate surface area is 181 Å². The van der Waals surface area contributed by atoms with E-state index in [1.807, 2.05) is 32.0 Å². The van der Waals surface area contributed by atoms with Crippen LogP contribution in [0.4, 0.5) is 4.39 Å². The lowest BCUT2D eigenvalue weighted by Gasteiger charge is -2.13. The summed E-state index contributed by atoms with van der Waals surface area (Å²) in [4.78, 5) is 4.47. The van der Waals surface area contributed by atoms with E-state index < -0.39 is 0 Å². The fourth-order valence-electron chi connectivity index (χ4n) is 3.48. The van der Waals surface area contributed by atoms with E-state index in [4.69, 9.17) is 15.0 Å². The highest BCUT2D eigenvalue weighted by atomic mass is 19.1. The van der Waals surface area contributed by atoms with E-state index in [-0.39, 0.29) is 12.4 Å². The average molecular weight is 420 g/mol. The largest absolute Gasteiger partial charge is 0.380 e. The molecule has 0 atom stereocenters. The maximum atomic E-state index is 14.3. The fourth-order valence-corrected chi connectivity index (χ4v) is 3.48. The van der Waals surface area contributed by atoms with Crippen molar-refractivity contribution >= 4 is 5.57 Å². The summed E-state index contributed by atoms with van der Waals surface area (Å²) in [7, 11) is 1.64. The molecule has 3 rings (SSSR count). The third kappa shape index (κ3) is 4.55. The van der Waals surface area contributed by atoms with E-state index in [0.29, 0.717) is 29.4 Å². The van der Waals surface area contributed by atoms with Crippen LogP contribution in [0.1, 0.15) is 29.2 Å². The van der Waals surface area contributed by atoms with Gasteiger partial charge in [-0.05, 0) is 65.9 Å². The molecule has 6 heteroatoms. The minimum atomic E-state index is -0.378. The number of aromatic nitrogens is 2. The zero-order valence-electron chi connectivity index (χ0n) is 18.0. The molecule has 0 radical (unpaired) electrons.